The van der Waals surface area contributed by atoms with Crippen LogP contribution in [0.1, 0.15) is 10.8 Å². The van der Waals surface area contributed by atoms with Crippen molar-refractivity contribution < 1.29 is 4.74 Å². The van der Waals surface area contributed by atoms with E-state index < -0.39 is 0 Å². The molecule has 4 nitrogen and oxygen atoms in total. The predicted molar refractivity (Wildman–Crippen MR) is 86.5 cm³/mol. The number of ether oxygens (including phenoxy) is 1. The molecule has 2 heterocycles. The molecule has 0 atom stereocenters. The van der Waals surface area contributed by atoms with Crippen LogP contribution in [0.2, 0.25) is 0 Å². The van der Waals surface area contributed by atoms with Gasteiger partial charge < -0.3 is 9.30 Å². The van der Waals surface area contributed by atoms with Crippen LogP contribution in [-0.2, 0) is 19.4 Å². The van der Waals surface area contributed by atoms with E-state index in [2.05, 4.69) is 14.5 Å². The van der Waals surface area contributed by atoms with Crippen LogP contribution in [-0.4, -0.2) is 27.5 Å². The molecule has 21 heavy (non-hydrogen) atoms. The van der Waals surface area contributed by atoms with Crippen LogP contribution in [0.15, 0.2) is 29.8 Å². The molecule has 3 aromatic rings. The first kappa shape index (κ1) is 14.4. The maximum atomic E-state index is 5.91. The molecule has 0 saturated carbocycles. The molecule has 0 unspecified atom stereocenters. The van der Waals surface area contributed by atoms with E-state index in [1.54, 1.807) is 18.4 Å². The quantitative estimate of drug-likeness (QED) is 0.652. The molecule has 3 rings (SSSR count). The first-order chi connectivity index (χ1) is 10.3. The van der Waals surface area contributed by atoms with Crippen LogP contribution < -0.4 is 4.74 Å². The Balaban J connectivity index is 1.97. The summed E-state index contributed by atoms with van der Waals surface area (Å²) in [6, 6.07) is 5.96. The normalized spacial score (nSPS) is 11.1. The number of alkyl halides is 1. The number of benzene rings is 1. The Kier molecular flexibility index (Phi) is 4.41. The molecule has 0 saturated heterocycles. The molecular weight excluding hydrogens is 306 g/mol. The van der Waals surface area contributed by atoms with Gasteiger partial charge >= 0.3 is 0 Å². The Morgan fingerprint density at radius 2 is 2.24 bits per heavy atom. The second kappa shape index (κ2) is 6.45. The van der Waals surface area contributed by atoms with Crippen LogP contribution in [0, 0.1) is 0 Å². The van der Waals surface area contributed by atoms with Crippen molar-refractivity contribution in [2.45, 2.75) is 19.4 Å². The Morgan fingerprint density at radius 3 is 2.95 bits per heavy atom. The number of fused-ring (bicyclic) bond motifs is 1. The molecule has 110 valence electrons. The fraction of sp³-hybridized carbons (Fsp3) is 0.333. The number of imidazole rings is 1. The van der Waals surface area contributed by atoms with Gasteiger partial charge in [0.2, 0.25) is 0 Å². The van der Waals surface area contributed by atoms with Crippen LogP contribution in [0.3, 0.4) is 0 Å². The second-order valence-electron chi connectivity index (χ2n) is 4.65. The third kappa shape index (κ3) is 3.04. The molecule has 1 aromatic carbocycles. The molecule has 0 bridgehead atoms. The van der Waals surface area contributed by atoms with Gasteiger partial charge in [-0.15, -0.1) is 22.9 Å². The van der Waals surface area contributed by atoms with Gasteiger partial charge in [-0.1, -0.05) is 0 Å². The fourth-order valence-corrected chi connectivity index (χ4v) is 3.17. The summed E-state index contributed by atoms with van der Waals surface area (Å²) < 4.78 is 7.54. The smallest absolute Gasteiger partial charge is 0.121 e. The summed E-state index contributed by atoms with van der Waals surface area (Å²) in [5.41, 5.74) is 2.07. The van der Waals surface area contributed by atoms with Crippen molar-refractivity contribution in [1.29, 1.82) is 0 Å². The summed E-state index contributed by atoms with van der Waals surface area (Å²) in [5.74, 6) is 2.43. The highest BCUT2D eigenvalue weighted by atomic mass is 35.5. The average molecular weight is 322 g/mol. The summed E-state index contributed by atoms with van der Waals surface area (Å²) in [6.07, 6.45) is 3.50. The van der Waals surface area contributed by atoms with Gasteiger partial charge in [0.05, 0.1) is 23.2 Å². The minimum Gasteiger partial charge on any atom is -0.497 e. The van der Waals surface area contributed by atoms with Crippen molar-refractivity contribution in [3.8, 4) is 5.75 Å². The predicted octanol–water partition coefficient (Wildman–Crippen LogP) is 3.53. The van der Waals surface area contributed by atoms with Crippen molar-refractivity contribution in [2.24, 2.45) is 0 Å². The van der Waals surface area contributed by atoms with E-state index in [0.717, 1.165) is 47.0 Å². The third-order valence-corrected chi connectivity index (χ3v) is 4.41. The van der Waals surface area contributed by atoms with E-state index in [9.17, 15) is 0 Å². The Hall–Kier alpha value is -1.59. The number of hydrogen-bond donors (Lipinski definition) is 0. The molecule has 0 aliphatic rings. The van der Waals surface area contributed by atoms with Crippen LogP contribution in [0.4, 0.5) is 0 Å². The third-order valence-electron chi connectivity index (χ3n) is 3.39. The molecule has 6 heteroatoms. The summed E-state index contributed by atoms with van der Waals surface area (Å²) in [4.78, 5) is 9.02. The van der Waals surface area contributed by atoms with Crippen molar-refractivity contribution >= 4 is 34.0 Å². The topological polar surface area (TPSA) is 39.9 Å². The molecule has 2 aromatic heterocycles. The number of thiazole rings is 1. The molecule has 0 spiro atoms. The van der Waals surface area contributed by atoms with E-state index in [4.69, 9.17) is 16.3 Å². The molecule has 0 radical (unpaired) electrons. The van der Waals surface area contributed by atoms with Crippen LogP contribution >= 0.6 is 22.9 Å². The van der Waals surface area contributed by atoms with Gasteiger partial charge in [0.25, 0.3) is 0 Å². The van der Waals surface area contributed by atoms with Gasteiger partial charge in [0, 0.05) is 42.9 Å². The monoisotopic (exact) mass is 321 g/mol. The highest BCUT2D eigenvalue weighted by Crippen LogP contribution is 2.23. The highest BCUT2D eigenvalue weighted by Gasteiger charge is 2.11. The standard InChI is InChI=1S/C15H16ClN3OS/c1-20-11-2-3-12-13(10-11)19(14(18-12)4-6-16)8-5-15-17-7-9-21-15/h2-3,7,9-10H,4-6,8H2,1H3. The maximum absolute atomic E-state index is 5.91. The molecule has 0 aliphatic heterocycles. The highest BCUT2D eigenvalue weighted by molar-refractivity contribution is 7.09. The van der Waals surface area contributed by atoms with Crippen LogP contribution in [0.25, 0.3) is 11.0 Å². The fourth-order valence-electron chi connectivity index (χ4n) is 2.39. The zero-order valence-electron chi connectivity index (χ0n) is 11.8. The molecular formula is C15H16ClN3OS. The van der Waals surface area contributed by atoms with Gasteiger partial charge in [0.1, 0.15) is 11.6 Å². The van der Waals surface area contributed by atoms with E-state index >= 15 is 0 Å². The largest absolute Gasteiger partial charge is 0.497 e. The minimum atomic E-state index is 0.567. The van der Waals surface area contributed by atoms with E-state index in [1.807, 2.05) is 29.8 Å². The van der Waals surface area contributed by atoms with Gasteiger partial charge in [-0.3, -0.25) is 0 Å². The molecule has 0 fully saturated rings. The van der Waals surface area contributed by atoms with Crippen LogP contribution in [0.5, 0.6) is 5.75 Å². The Morgan fingerprint density at radius 1 is 1.33 bits per heavy atom. The first-order valence-electron chi connectivity index (χ1n) is 6.79. The van der Waals surface area contributed by atoms with Crippen molar-refractivity contribution in [1.82, 2.24) is 14.5 Å². The number of nitrogens with zero attached hydrogens (tertiary/aromatic N) is 3. The number of hydrogen-bond acceptors (Lipinski definition) is 4. The zero-order valence-corrected chi connectivity index (χ0v) is 13.3. The number of aromatic nitrogens is 3. The SMILES string of the molecule is COc1ccc2nc(CCCl)n(CCc3nccs3)c2c1. The number of aryl methyl sites for hydroxylation is 3. The summed E-state index contributed by atoms with van der Waals surface area (Å²) in [6.45, 7) is 0.851. The number of rotatable bonds is 6. The lowest BCUT2D eigenvalue weighted by Gasteiger charge is -2.08. The van der Waals surface area contributed by atoms with E-state index in [-0.39, 0.29) is 0 Å². The van der Waals surface area contributed by atoms with Crippen molar-refractivity contribution in [3.63, 3.8) is 0 Å². The molecule has 0 aliphatic carbocycles. The Labute approximate surface area is 132 Å². The number of halogens is 1. The summed E-state index contributed by atoms with van der Waals surface area (Å²) in [5, 5.41) is 3.14. The Bertz CT molecular complexity index is 724. The van der Waals surface area contributed by atoms with Crippen molar-refractivity contribution in [2.75, 3.05) is 13.0 Å². The summed E-state index contributed by atoms with van der Waals surface area (Å²) >= 11 is 7.59. The molecule has 0 amide bonds. The second-order valence-corrected chi connectivity index (χ2v) is 6.01. The average Bonchev–Trinajstić information content (AvgIpc) is 3.12. The lowest BCUT2D eigenvalue weighted by atomic mass is 10.3. The van der Waals surface area contributed by atoms with Gasteiger partial charge in [-0.2, -0.15) is 0 Å². The zero-order chi connectivity index (χ0) is 14.7. The maximum Gasteiger partial charge on any atom is 0.121 e. The lowest BCUT2D eigenvalue weighted by molar-refractivity contribution is 0.415. The summed E-state index contributed by atoms with van der Waals surface area (Å²) in [7, 11) is 1.68. The van der Waals surface area contributed by atoms with E-state index in [1.165, 1.54) is 0 Å². The minimum absolute atomic E-state index is 0.567. The van der Waals surface area contributed by atoms with Gasteiger partial charge in [-0.05, 0) is 12.1 Å². The van der Waals surface area contributed by atoms with E-state index in [0.29, 0.717) is 5.88 Å². The van der Waals surface area contributed by atoms with Gasteiger partial charge in [0.15, 0.2) is 0 Å². The molecule has 0 N–H and O–H groups in total. The lowest BCUT2D eigenvalue weighted by Crippen LogP contribution is -2.07. The van der Waals surface area contributed by atoms with Crippen molar-refractivity contribution in [3.05, 3.63) is 40.6 Å². The first-order valence-corrected chi connectivity index (χ1v) is 8.20. The van der Waals surface area contributed by atoms with Gasteiger partial charge in [-0.25, -0.2) is 9.97 Å². The number of methoxy groups -OCH3 is 1.